The molecule has 3 rings (SSSR count). The van der Waals surface area contributed by atoms with Gasteiger partial charge in [0.05, 0.1) is 11.2 Å². The van der Waals surface area contributed by atoms with E-state index in [0.29, 0.717) is 10.8 Å². The summed E-state index contributed by atoms with van der Waals surface area (Å²) in [6, 6.07) is 15.9. The molecule has 0 unspecified atom stereocenters. The van der Waals surface area contributed by atoms with E-state index in [4.69, 9.17) is 13.2 Å². The molecule has 0 aromatic heterocycles. The second-order valence-corrected chi connectivity index (χ2v) is 13.6. The molecule has 0 atom stereocenters. The predicted molar refractivity (Wildman–Crippen MR) is 137 cm³/mol. The summed E-state index contributed by atoms with van der Waals surface area (Å²) in [6.45, 7) is 11.9. The van der Waals surface area contributed by atoms with Gasteiger partial charge in [-0.15, -0.1) is 0 Å². The van der Waals surface area contributed by atoms with Crippen molar-refractivity contribution in [3.63, 3.8) is 0 Å². The standard InChI is InChI=1S/C26H31O7PS/c1-18-12-14-21(15-13-18)35(29,30)31-23-17-20(16-19-10-8-9-11-22(19)23)24(27)34(28,32-25(2,3)4)33-26(5,6)7/h8-17H,1-7H3. The third kappa shape index (κ3) is 6.79. The van der Waals surface area contributed by atoms with Gasteiger partial charge in [-0.05, 0) is 78.1 Å². The van der Waals surface area contributed by atoms with Gasteiger partial charge in [0.15, 0.2) is 5.75 Å². The summed E-state index contributed by atoms with van der Waals surface area (Å²) in [5.41, 5.74) is -1.92. The van der Waals surface area contributed by atoms with Gasteiger partial charge in [-0.2, -0.15) is 8.42 Å². The van der Waals surface area contributed by atoms with Gasteiger partial charge >= 0.3 is 17.7 Å². The molecule has 3 aromatic carbocycles. The van der Waals surface area contributed by atoms with Crippen LogP contribution in [0.15, 0.2) is 65.6 Å². The van der Waals surface area contributed by atoms with Crippen molar-refractivity contribution in [2.24, 2.45) is 0 Å². The van der Waals surface area contributed by atoms with E-state index in [1.54, 1.807) is 77.9 Å². The van der Waals surface area contributed by atoms with Crippen LogP contribution in [0.2, 0.25) is 0 Å². The van der Waals surface area contributed by atoms with Crippen LogP contribution in [0.5, 0.6) is 5.75 Å². The van der Waals surface area contributed by atoms with Crippen LogP contribution in [-0.4, -0.2) is 25.1 Å². The molecule has 35 heavy (non-hydrogen) atoms. The summed E-state index contributed by atoms with van der Waals surface area (Å²) >= 11 is 0. The first-order valence-electron chi connectivity index (χ1n) is 11.1. The molecule has 0 saturated carbocycles. The van der Waals surface area contributed by atoms with Crippen LogP contribution in [0.3, 0.4) is 0 Å². The van der Waals surface area contributed by atoms with Crippen LogP contribution in [0.4, 0.5) is 0 Å². The molecule has 3 aromatic rings. The number of aryl methyl sites for hydroxylation is 1. The fourth-order valence-corrected chi connectivity index (χ4v) is 6.35. The highest BCUT2D eigenvalue weighted by molar-refractivity contribution is 7.87. The predicted octanol–water partition coefficient (Wildman–Crippen LogP) is 6.88. The lowest BCUT2D eigenvalue weighted by atomic mass is 10.1. The molecule has 0 fully saturated rings. The SMILES string of the molecule is Cc1ccc(S(=O)(=O)Oc2cc(C(=O)P(=O)(OC(C)(C)C)OC(C)(C)C)cc3ccccc23)cc1. The molecule has 0 aliphatic heterocycles. The van der Waals surface area contributed by atoms with Crippen molar-refractivity contribution >= 4 is 34.0 Å². The van der Waals surface area contributed by atoms with Crippen LogP contribution >= 0.6 is 7.60 Å². The monoisotopic (exact) mass is 518 g/mol. The van der Waals surface area contributed by atoms with Gasteiger partial charge < -0.3 is 4.18 Å². The summed E-state index contributed by atoms with van der Waals surface area (Å²) in [5.74, 6) is -0.0647. The summed E-state index contributed by atoms with van der Waals surface area (Å²) in [6.07, 6.45) is 0. The number of benzene rings is 3. The zero-order valence-electron chi connectivity index (χ0n) is 21.0. The van der Waals surface area contributed by atoms with Crippen LogP contribution in [0, 0.1) is 6.92 Å². The highest BCUT2D eigenvalue weighted by atomic mass is 32.2. The summed E-state index contributed by atoms with van der Waals surface area (Å²) in [7, 11) is -8.53. The molecule has 0 radical (unpaired) electrons. The summed E-state index contributed by atoms with van der Waals surface area (Å²) in [4.78, 5) is 13.5. The zero-order chi connectivity index (χ0) is 26.2. The fraction of sp³-hybridized carbons (Fsp3) is 0.346. The first-order valence-corrected chi connectivity index (χ1v) is 14.0. The van der Waals surface area contributed by atoms with Crippen molar-refractivity contribution in [1.29, 1.82) is 0 Å². The van der Waals surface area contributed by atoms with E-state index < -0.39 is 34.4 Å². The van der Waals surface area contributed by atoms with Crippen molar-refractivity contribution < 1.29 is 31.0 Å². The quantitative estimate of drug-likeness (QED) is 0.248. The maximum Gasteiger partial charge on any atom is 0.402 e. The molecule has 0 bridgehead atoms. The smallest absolute Gasteiger partial charge is 0.378 e. The Bertz CT molecular complexity index is 1380. The fourth-order valence-electron chi connectivity index (χ4n) is 3.32. The van der Waals surface area contributed by atoms with Gasteiger partial charge in [0.25, 0.3) is 5.52 Å². The van der Waals surface area contributed by atoms with Crippen molar-refractivity contribution in [1.82, 2.24) is 0 Å². The third-order valence-corrected chi connectivity index (χ3v) is 8.20. The lowest BCUT2D eigenvalue weighted by Crippen LogP contribution is -2.26. The molecule has 9 heteroatoms. The number of hydrogen-bond donors (Lipinski definition) is 0. The Kier molecular flexibility index (Phi) is 7.36. The van der Waals surface area contributed by atoms with E-state index in [1.807, 2.05) is 6.92 Å². The van der Waals surface area contributed by atoms with Crippen LogP contribution in [0.1, 0.15) is 57.5 Å². The Balaban J connectivity index is 2.14. The van der Waals surface area contributed by atoms with Gasteiger partial charge in [-0.1, -0.05) is 42.0 Å². The first kappa shape index (κ1) is 27.1. The van der Waals surface area contributed by atoms with Gasteiger partial charge in [-0.25, -0.2) is 0 Å². The number of fused-ring (bicyclic) bond motifs is 1. The van der Waals surface area contributed by atoms with Gasteiger partial charge in [0.1, 0.15) is 4.90 Å². The summed E-state index contributed by atoms with van der Waals surface area (Å²) < 4.78 is 56.6. The molecular weight excluding hydrogens is 487 g/mol. The molecule has 0 aliphatic rings. The van der Waals surface area contributed by atoms with E-state index in [1.165, 1.54) is 24.3 Å². The van der Waals surface area contributed by atoms with Crippen molar-refractivity contribution in [2.45, 2.75) is 64.6 Å². The van der Waals surface area contributed by atoms with E-state index in [0.717, 1.165) is 5.56 Å². The molecule has 0 heterocycles. The molecule has 7 nitrogen and oxygen atoms in total. The molecule has 0 N–H and O–H groups in total. The second kappa shape index (κ2) is 9.51. The minimum atomic E-state index is -4.33. The highest BCUT2D eigenvalue weighted by Gasteiger charge is 2.43. The lowest BCUT2D eigenvalue weighted by molar-refractivity contribution is 0.0447. The minimum absolute atomic E-state index is 0.0262. The number of carbonyl (C=O) groups is 1. The number of carbonyl (C=O) groups excluding carboxylic acids is 1. The Morgan fingerprint density at radius 2 is 1.37 bits per heavy atom. The topological polar surface area (TPSA) is 96.0 Å². The molecular formula is C26H31O7PS. The maximum absolute atomic E-state index is 13.8. The van der Waals surface area contributed by atoms with Crippen molar-refractivity contribution in [2.75, 3.05) is 0 Å². The zero-order valence-corrected chi connectivity index (χ0v) is 22.7. The van der Waals surface area contributed by atoms with Gasteiger partial charge in [-0.3, -0.25) is 18.4 Å². The number of hydrogen-bond acceptors (Lipinski definition) is 7. The van der Waals surface area contributed by atoms with E-state index >= 15 is 0 Å². The van der Waals surface area contributed by atoms with Crippen LogP contribution in [-0.2, 0) is 23.7 Å². The lowest BCUT2D eigenvalue weighted by Gasteiger charge is -2.31. The third-order valence-electron chi connectivity index (χ3n) is 4.62. The van der Waals surface area contributed by atoms with E-state index in [-0.39, 0.29) is 16.2 Å². The molecule has 188 valence electrons. The van der Waals surface area contributed by atoms with Crippen LogP contribution < -0.4 is 4.18 Å². The second-order valence-electron chi connectivity index (χ2n) is 10.3. The maximum atomic E-state index is 13.8. The largest absolute Gasteiger partial charge is 0.402 e. The first-order chi connectivity index (χ1) is 16.0. The Morgan fingerprint density at radius 3 is 1.91 bits per heavy atom. The summed E-state index contributed by atoms with van der Waals surface area (Å²) in [5, 5.41) is 1.01. The highest BCUT2D eigenvalue weighted by Crippen LogP contribution is 2.57. The Morgan fingerprint density at radius 1 is 0.829 bits per heavy atom. The molecule has 0 spiro atoms. The van der Waals surface area contributed by atoms with Crippen molar-refractivity contribution in [3.05, 3.63) is 71.8 Å². The molecule has 0 aliphatic carbocycles. The minimum Gasteiger partial charge on any atom is -0.378 e. The number of rotatable bonds is 7. The average molecular weight is 519 g/mol. The molecule has 0 saturated heterocycles. The average Bonchev–Trinajstić information content (AvgIpc) is 2.70. The van der Waals surface area contributed by atoms with Crippen LogP contribution in [0.25, 0.3) is 10.8 Å². The van der Waals surface area contributed by atoms with Gasteiger partial charge in [0.2, 0.25) is 0 Å². The van der Waals surface area contributed by atoms with Gasteiger partial charge in [0, 0.05) is 10.9 Å². The molecule has 0 amide bonds. The normalized spacial score (nSPS) is 13.1. The van der Waals surface area contributed by atoms with Crippen molar-refractivity contribution in [3.8, 4) is 5.75 Å². The Labute approximate surface area is 207 Å². The Hall–Kier alpha value is -2.51. The van der Waals surface area contributed by atoms with E-state index in [9.17, 15) is 17.8 Å². The van der Waals surface area contributed by atoms with E-state index in [2.05, 4.69) is 0 Å².